The second kappa shape index (κ2) is 3.13. The van der Waals surface area contributed by atoms with Crippen molar-refractivity contribution < 1.29 is 25.9 Å². The van der Waals surface area contributed by atoms with Crippen LogP contribution in [0.1, 0.15) is 13.8 Å². The first kappa shape index (κ1) is 11.6. The standard InChI is InChI=1S/C4H8O6S2/c1-3(11(5,6)7)4(2)12(8,9)10/h1-2H3,(H,5,6,7)(H,8,9,10)/b4-3-. The summed E-state index contributed by atoms with van der Waals surface area (Å²) in [6.45, 7) is 1.75. The van der Waals surface area contributed by atoms with E-state index in [1.54, 1.807) is 0 Å². The molecule has 12 heavy (non-hydrogen) atoms. The molecule has 0 aromatic carbocycles. The summed E-state index contributed by atoms with van der Waals surface area (Å²) >= 11 is 0. The van der Waals surface area contributed by atoms with Crippen LogP contribution in [0, 0.1) is 0 Å². The minimum absolute atomic E-state index is 0.787. The molecule has 0 aromatic rings. The first-order valence-corrected chi connectivity index (χ1v) is 5.57. The fourth-order valence-corrected chi connectivity index (χ4v) is 1.72. The Bertz CT molecular complexity index is 357. The molecule has 0 spiro atoms. The largest absolute Gasteiger partial charge is 0.291 e. The molecular weight excluding hydrogens is 208 g/mol. The predicted octanol–water partition coefficient (Wildman–Crippen LogP) is 0.0134. The molecule has 0 saturated heterocycles. The van der Waals surface area contributed by atoms with Crippen LogP contribution in [0.2, 0.25) is 0 Å². The van der Waals surface area contributed by atoms with Gasteiger partial charge >= 0.3 is 0 Å². The van der Waals surface area contributed by atoms with Crippen LogP contribution in [-0.4, -0.2) is 25.9 Å². The minimum atomic E-state index is -4.54. The fraction of sp³-hybridized carbons (Fsp3) is 0.500. The second-order valence-corrected chi connectivity index (χ2v) is 5.19. The van der Waals surface area contributed by atoms with Gasteiger partial charge in [-0.05, 0) is 13.8 Å². The molecule has 72 valence electrons. The molecule has 0 rings (SSSR count). The zero-order chi connectivity index (χ0) is 10.2. The van der Waals surface area contributed by atoms with Crippen molar-refractivity contribution in [3.8, 4) is 0 Å². The molecule has 2 N–H and O–H groups in total. The van der Waals surface area contributed by atoms with Crippen molar-refractivity contribution in [3.63, 3.8) is 0 Å². The van der Waals surface area contributed by atoms with Crippen LogP contribution in [0.3, 0.4) is 0 Å². The van der Waals surface area contributed by atoms with Crippen molar-refractivity contribution >= 4 is 20.2 Å². The molecule has 0 aliphatic heterocycles. The van der Waals surface area contributed by atoms with Crippen LogP contribution in [0.4, 0.5) is 0 Å². The van der Waals surface area contributed by atoms with Gasteiger partial charge in [0.2, 0.25) is 0 Å². The van der Waals surface area contributed by atoms with Crippen molar-refractivity contribution in [2.75, 3.05) is 0 Å². The Hall–Kier alpha value is -0.440. The average molecular weight is 216 g/mol. The Balaban J connectivity index is 5.58. The molecular formula is C4H8O6S2. The quantitative estimate of drug-likeness (QED) is 0.629. The van der Waals surface area contributed by atoms with Gasteiger partial charge in [0, 0.05) is 0 Å². The Kier molecular flexibility index (Phi) is 3.02. The monoisotopic (exact) mass is 216 g/mol. The summed E-state index contributed by atoms with van der Waals surface area (Å²) in [5.74, 6) is 0. The van der Waals surface area contributed by atoms with Crippen LogP contribution in [0.25, 0.3) is 0 Å². The highest BCUT2D eigenvalue weighted by molar-refractivity contribution is 7.93. The number of hydrogen-bond donors (Lipinski definition) is 2. The van der Waals surface area contributed by atoms with Gasteiger partial charge < -0.3 is 0 Å². The predicted molar refractivity (Wildman–Crippen MR) is 41.5 cm³/mol. The van der Waals surface area contributed by atoms with Crippen LogP contribution in [0.15, 0.2) is 9.81 Å². The molecule has 0 atom stereocenters. The molecule has 0 fully saturated rings. The van der Waals surface area contributed by atoms with Gasteiger partial charge in [-0.15, -0.1) is 0 Å². The maximum Gasteiger partial charge on any atom is 0.291 e. The van der Waals surface area contributed by atoms with Gasteiger partial charge in [-0.25, -0.2) is 0 Å². The summed E-state index contributed by atoms with van der Waals surface area (Å²) < 4.78 is 58.1. The summed E-state index contributed by atoms with van der Waals surface area (Å²) in [6, 6.07) is 0. The van der Waals surface area contributed by atoms with Crippen LogP contribution < -0.4 is 0 Å². The molecule has 0 aliphatic rings. The molecule has 0 amide bonds. The van der Waals surface area contributed by atoms with Gasteiger partial charge in [0.05, 0.1) is 9.81 Å². The van der Waals surface area contributed by atoms with Gasteiger partial charge in [-0.3, -0.25) is 9.11 Å². The lowest BCUT2D eigenvalue weighted by Gasteiger charge is -2.00. The van der Waals surface area contributed by atoms with Crippen molar-refractivity contribution in [1.82, 2.24) is 0 Å². The van der Waals surface area contributed by atoms with E-state index in [9.17, 15) is 16.8 Å². The third-order valence-electron chi connectivity index (χ3n) is 1.27. The highest BCUT2D eigenvalue weighted by atomic mass is 32.2. The molecule has 0 unspecified atom stereocenters. The summed E-state index contributed by atoms with van der Waals surface area (Å²) in [4.78, 5) is -1.57. The van der Waals surface area contributed by atoms with Crippen molar-refractivity contribution in [2.24, 2.45) is 0 Å². The van der Waals surface area contributed by atoms with Gasteiger partial charge in [-0.2, -0.15) is 16.8 Å². The molecule has 0 radical (unpaired) electrons. The molecule has 0 aromatic heterocycles. The third kappa shape index (κ3) is 2.89. The number of rotatable bonds is 2. The zero-order valence-corrected chi connectivity index (χ0v) is 7.98. The van der Waals surface area contributed by atoms with Crippen LogP contribution in [0.5, 0.6) is 0 Å². The summed E-state index contributed by atoms with van der Waals surface area (Å²) in [5, 5.41) is 0. The first-order chi connectivity index (χ1) is 5.07. The maximum atomic E-state index is 10.3. The normalized spacial score (nSPS) is 15.7. The van der Waals surface area contributed by atoms with Crippen LogP contribution in [-0.2, 0) is 20.2 Å². The summed E-state index contributed by atoms with van der Waals surface area (Å²) in [7, 11) is -9.09. The SMILES string of the molecule is C/C(=C(\C)S(=O)(=O)O)S(=O)(=O)O. The first-order valence-electron chi connectivity index (χ1n) is 2.69. The van der Waals surface area contributed by atoms with E-state index >= 15 is 0 Å². The Labute approximate surface area is 70.4 Å². The average Bonchev–Trinajstić information content (AvgIpc) is 1.80. The zero-order valence-electron chi connectivity index (χ0n) is 6.34. The van der Waals surface area contributed by atoms with Gasteiger partial charge in [0.15, 0.2) is 0 Å². The van der Waals surface area contributed by atoms with Gasteiger partial charge in [-0.1, -0.05) is 0 Å². The Morgan fingerprint density at radius 3 is 1.08 bits per heavy atom. The highest BCUT2D eigenvalue weighted by Gasteiger charge is 2.19. The summed E-state index contributed by atoms with van der Waals surface area (Å²) in [5.41, 5.74) is 0. The van der Waals surface area contributed by atoms with Crippen molar-refractivity contribution in [2.45, 2.75) is 13.8 Å². The summed E-state index contributed by atoms with van der Waals surface area (Å²) in [6.07, 6.45) is 0. The minimum Gasteiger partial charge on any atom is -0.282 e. The molecule has 6 nitrogen and oxygen atoms in total. The third-order valence-corrected chi connectivity index (χ3v) is 3.56. The Morgan fingerprint density at radius 1 is 0.833 bits per heavy atom. The van der Waals surface area contributed by atoms with Gasteiger partial charge in [0.1, 0.15) is 0 Å². The fourth-order valence-electron chi connectivity index (χ4n) is 0.363. The van der Waals surface area contributed by atoms with Crippen LogP contribution >= 0.6 is 0 Å². The molecule has 0 saturated carbocycles. The molecule has 0 heterocycles. The topological polar surface area (TPSA) is 109 Å². The lowest BCUT2D eigenvalue weighted by Crippen LogP contribution is -2.07. The van der Waals surface area contributed by atoms with E-state index in [0.29, 0.717) is 0 Å². The van der Waals surface area contributed by atoms with Crippen molar-refractivity contribution in [1.29, 1.82) is 0 Å². The van der Waals surface area contributed by atoms with E-state index in [-0.39, 0.29) is 0 Å². The maximum absolute atomic E-state index is 10.3. The highest BCUT2D eigenvalue weighted by Crippen LogP contribution is 2.13. The number of hydrogen-bond acceptors (Lipinski definition) is 4. The Morgan fingerprint density at radius 2 is 1.00 bits per heavy atom. The second-order valence-electron chi connectivity index (χ2n) is 2.06. The van der Waals surface area contributed by atoms with E-state index < -0.39 is 30.0 Å². The smallest absolute Gasteiger partial charge is 0.282 e. The van der Waals surface area contributed by atoms with E-state index in [4.69, 9.17) is 9.11 Å². The lowest BCUT2D eigenvalue weighted by atomic mass is 10.6. The van der Waals surface area contributed by atoms with E-state index in [2.05, 4.69) is 0 Å². The molecule has 0 aliphatic carbocycles. The lowest BCUT2D eigenvalue weighted by molar-refractivity contribution is 0.483. The number of allylic oxidation sites excluding steroid dienone is 2. The molecule has 0 bridgehead atoms. The van der Waals surface area contributed by atoms with E-state index in [1.807, 2.05) is 0 Å². The van der Waals surface area contributed by atoms with E-state index in [1.165, 1.54) is 0 Å². The van der Waals surface area contributed by atoms with Crippen molar-refractivity contribution in [3.05, 3.63) is 9.81 Å². The van der Waals surface area contributed by atoms with E-state index in [0.717, 1.165) is 13.8 Å². The van der Waals surface area contributed by atoms with Gasteiger partial charge in [0.25, 0.3) is 20.2 Å². The molecule has 8 heteroatoms.